The minimum Gasteiger partial charge on any atom is -0.497 e. The van der Waals surface area contributed by atoms with Gasteiger partial charge in [-0.15, -0.1) is 0 Å². The first-order valence-electron chi connectivity index (χ1n) is 7.03. The molecule has 2 aromatic rings. The number of ether oxygens (including phenoxy) is 1. The van der Waals surface area contributed by atoms with Gasteiger partial charge in [0.25, 0.3) is 0 Å². The van der Waals surface area contributed by atoms with Crippen molar-refractivity contribution < 1.29 is 4.74 Å². The molecule has 0 N–H and O–H groups in total. The van der Waals surface area contributed by atoms with Gasteiger partial charge >= 0.3 is 0 Å². The van der Waals surface area contributed by atoms with Crippen LogP contribution in [0.3, 0.4) is 0 Å². The number of methoxy groups -OCH3 is 1. The first kappa shape index (κ1) is 13.5. The van der Waals surface area contributed by atoms with Crippen molar-refractivity contribution in [3.05, 3.63) is 65.2 Å². The van der Waals surface area contributed by atoms with Gasteiger partial charge in [-0.2, -0.15) is 0 Å². The topological polar surface area (TPSA) is 12.5 Å². The molecule has 2 nitrogen and oxygen atoms in total. The third kappa shape index (κ3) is 2.70. The number of hydrogen-bond donors (Lipinski definition) is 0. The Bertz CT molecular complexity index is 709. The summed E-state index contributed by atoms with van der Waals surface area (Å²) < 4.78 is 5.32. The van der Waals surface area contributed by atoms with E-state index in [-0.39, 0.29) is 0 Å². The summed E-state index contributed by atoms with van der Waals surface area (Å²) in [5, 5.41) is 0. The Morgan fingerprint density at radius 2 is 1.71 bits per heavy atom. The SMILES string of the molecule is COc1ccc2c(c1)/C(=C\c1ccc(N(C)C)cc1)C=C2. The third-order valence-electron chi connectivity index (χ3n) is 3.75. The average Bonchev–Trinajstić information content (AvgIpc) is 2.90. The molecule has 21 heavy (non-hydrogen) atoms. The van der Waals surface area contributed by atoms with E-state index in [0.717, 1.165) is 5.75 Å². The highest BCUT2D eigenvalue weighted by Gasteiger charge is 2.11. The molecule has 0 aliphatic heterocycles. The highest BCUT2D eigenvalue weighted by molar-refractivity contribution is 5.98. The molecule has 0 amide bonds. The third-order valence-corrected chi connectivity index (χ3v) is 3.75. The summed E-state index contributed by atoms with van der Waals surface area (Å²) >= 11 is 0. The smallest absolute Gasteiger partial charge is 0.119 e. The van der Waals surface area contributed by atoms with Crippen molar-refractivity contribution >= 4 is 23.4 Å². The summed E-state index contributed by atoms with van der Waals surface area (Å²) in [4.78, 5) is 2.10. The number of fused-ring (bicyclic) bond motifs is 1. The lowest BCUT2D eigenvalue weighted by Gasteiger charge is -2.12. The lowest BCUT2D eigenvalue weighted by atomic mass is 10.0. The fraction of sp³-hybridized carbons (Fsp3) is 0.158. The second-order valence-corrected chi connectivity index (χ2v) is 5.37. The Kier molecular flexibility index (Phi) is 3.53. The Balaban J connectivity index is 1.94. The molecule has 0 bridgehead atoms. The van der Waals surface area contributed by atoms with Gasteiger partial charge in [-0.25, -0.2) is 0 Å². The van der Waals surface area contributed by atoms with E-state index in [1.54, 1.807) is 7.11 Å². The highest BCUT2D eigenvalue weighted by atomic mass is 16.5. The Labute approximate surface area is 126 Å². The number of hydrogen-bond acceptors (Lipinski definition) is 2. The average molecular weight is 277 g/mol. The lowest BCUT2D eigenvalue weighted by molar-refractivity contribution is 0.414. The molecule has 0 atom stereocenters. The number of nitrogens with zero attached hydrogens (tertiary/aromatic N) is 1. The maximum Gasteiger partial charge on any atom is 0.119 e. The van der Waals surface area contributed by atoms with Crippen molar-refractivity contribution in [2.24, 2.45) is 0 Å². The molecular formula is C19H19NO. The molecule has 0 heterocycles. The molecule has 0 spiro atoms. The van der Waals surface area contributed by atoms with Crippen LogP contribution in [0.5, 0.6) is 5.75 Å². The molecule has 0 saturated heterocycles. The van der Waals surface area contributed by atoms with Gasteiger partial charge < -0.3 is 9.64 Å². The van der Waals surface area contributed by atoms with E-state index in [1.807, 2.05) is 6.07 Å². The van der Waals surface area contributed by atoms with Crippen LogP contribution in [-0.4, -0.2) is 21.2 Å². The maximum atomic E-state index is 5.32. The van der Waals surface area contributed by atoms with E-state index >= 15 is 0 Å². The van der Waals surface area contributed by atoms with Crippen LogP contribution in [0.25, 0.3) is 17.7 Å². The molecule has 0 unspecified atom stereocenters. The van der Waals surface area contributed by atoms with Gasteiger partial charge in [0.1, 0.15) is 5.75 Å². The van der Waals surface area contributed by atoms with Crippen LogP contribution in [0.1, 0.15) is 16.7 Å². The second-order valence-electron chi connectivity index (χ2n) is 5.37. The van der Waals surface area contributed by atoms with Crippen molar-refractivity contribution in [2.75, 3.05) is 26.1 Å². The van der Waals surface area contributed by atoms with Crippen LogP contribution < -0.4 is 9.64 Å². The van der Waals surface area contributed by atoms with Crippen LogP contribution in [0.2, 0.25) is 0 Å². The fourth-order valence-corrected chi connectivity index (χ4v) is 2.50. The summed E-state index contributed by atoms with van der Waals surface area (Å²) in [6, 6.07) is 14.8. The quantitative estimate of drug-likeness (QED) is 0.828. The van der Waals surface area contributed by atoms with Crippen LogP contribution in [0, 0.1) is 0 Å². The van der Waals surface area contributed by atoms with E-state index in [9.17, 15) is 0 Å². The van der Waals surface area contributed by atoms with Crippen molar-refractivity contribution in [3.63, 3.8) is 0 Å². The minimum absolute atomic E-state index is 0.895. The Morgan fingerprint density at radius 3 is 2.38 bits per heavy atom. The Morgan fingerprint density at radius 1 is 0.952 bits per heavy atom. The molecular weight excluding hydrogens is 258 g/mol. The van der Waals surface area contributed by atoms with Gasteiger partial charge in [-0.1, -0.05) is 30.4 Å². The van der Waals surface area contributed by atoms with E-state index in [4.69, 9.17) is 4.74 Å². The molecule has 1 aliphatic rings. The molecule has 0 radical (unpaired) electrons. The van der Waals surface area contributed by atoms with Gasteiger partial charge in [0.15, 0.2) is 0 Å². The molecule has 1 aliphatic carbocycles. The van der Waals surface area contributed by atoms with E-state index in [1.165, 1.54) is 28.0 Å². The summed E-state index contributed by atoms with van der Waals surface area (Å²) in [5.74, 6) is 0.895. The van der Waals surface area contributed by atoms with E-state index in [2.05, 4.69) is 73.6 Å². The normalized spacial score (nSPS) is 14.3. The monoisotopic (exact) mass is 277 g/mol. The summed E-state index contributed by atoms with van der Waals surface area (Å²) in [6.07, 6.45) is 6.51. The summed E-state index contributed by atoms with van der Waals surface area (Å²) in [7, 11) is 5.80. The zero-order valence-electron chi connectivity index (χ0n) is 12.6. The van der Waals surface area contributed by atoms with Crippen LogP contribution >= 0.6 is 0 Å². The number of rotatable bonds is 3. The zero-order chi connectivity index (χ0) is 14.8. The van der Waals surface area contributed by atoms with Gasteiger partial charge in [0, 0.05) is 19.8 Å². The van der Waals surface area contributed by atoms with Crippen LogP contribution in [-0.2, 0) is 0 Å². The first-order valence-corrected chi connectivity index (χ1v) is 7.03. The standard InChI is InChI=1S/C19H19NO/c1-20(2)17-9-4-14(5-10-17)12-16-7-6-15-8-11-18(21-3)13-19(15)16/h4-13H,1-3H3/b16-12-. The van der Waals surface area contributed by atoms with Crippen molar-refractivity contribution in [1.29, 1.82) is 0 Å². The molecule has 2 heteroatoms. The van der Waals surface area contributed by atoms with Gasteiger partial charge in [0.05, 0.1) is 7.11 Å². The maximum absolute atomic E-state index is 5.32. The van der Waals surface area contributed by atoms with E-state index < -0.39 is 0 Å². The molecule has 2 aromatic carbocycles. The first-order chi connectivity index (χ1) is 10.2. The molecule has 0 aromatic heterocycles. The van der Waals surface area contributed by atoms with Gasteiger partial charge in [0.2, 0.25) is 0 Å². The number of benzene rings is 2. The zero-order valence-corrected chi connectivity index (χ0v) is 12.6. The fourth-order valence-electron chi connectivity index (χ4n) is 2.50. The highest BCUT2D eigenvalue weighted by Crippen LogP contribution is 2.33. The molecule has 106 valence electrons. The largest absolute Gasteiger partial charge is 0.497 e. The predicted molar refractivity (Wildman–Crippen MR) is 90.7 cm³/mol. The second kappa shape index (κ2) is 5.49. The van der Waals surface area contributed by atoms with Crippen molar-refractivity contribution in [2.45, 2.75) is 0 Å². The van der Waals surface area contributed by atoms with Crippen LogP contribution in [0.15, 0.2) is 48.5 Å². The lowest BCUT2D eigenvalue weighted by Crippen LogP contribution is -2.07. The van der Waals surface area contributed by atoms with Crippen LogP contribution in [0.4, 0.5) is 5.69 Å². The molecule has 3 rings (SSSR count). The predicted octanol–water partition coefficient (Wildman–Crippen LogP) is 4.33. The molecule has 0 fully saturated rings. The summed E-state index contributed by atoms with van der Waals surface area (Å²) in [6.45, 7) is 0. The molecule has 0 saturated carbocycles. The Hall–Kier alpha value is -2.48. The minimum atomic E-state index is 0.895. The summed E-state index contributed by atoms with van der Waals surface area (Å²) in [5.41, 5.74) is 6.11. The van der Waals surface area contributed by atoms with Crippen molar-refractivity contribution in [3.8, 4) is 5.75 Å². The number of anilines is 1. The van der Waals surface area contributed by atoms with Crippen molar-refractivity contribution in [1.82, 2.24) is 0 Å². The van der Waals surface area contributed by atoms with Gasteiger partial charge in [-0.3, -0.25) is 0 Å². The van der Waals surface area contributed by atoms with Gasteiger partial charge in [-0.05, 0) is 52.6 Å². The van der Waals surface area contributed by atoms with E-state index in [0.29, 0.717) is 0 Å². The number of allylic oxidation sites excluding steroid dienone is 2.